The molecule has 2 aromatic heterocycles. The number of aromatic amines is 1. The van der Waals surface area contributed by atoms with Gasteiger partial charge in [0.15, 0.2) is 0 Å². The summed E-state index contributed by atoms with van der Waals surface area (Å²) in [7, 11) is 0. The van der Waals surface area contributed by atoms with Crippen LogP contribution in [0.5, 0.6) is 0 Å². The van der Waals surface area contributed by atoms with Gasteiger partial charge in [-0.1, -0.05) is 0 Å². The van der Waals surface area contributed by atoms with Crippen LogP contribution in [-0.4, -0.2) is 19.7 Å². The molecular weight excluding hydrogens is 202 g/mol. The maximum Gasteiger partial charge on any atom is 0.229 e. The Labute approximate surface area is 91.9 Å². The average Bonchev–Trinajstić information content (AvgIpc) is 2.83. The first-order chi connectivity index (χ1) is 7.72. The van der Waals surface area contributed by atoms with Gasteiger partial charge in [-0.2, -0.15) is 5.10 Å². The molecule has 0 saturated carbocycles. The highest BCUT2D eigenvalue weighted by Gasteiger charge is 2.05. The van der Waals surface area contributed by atoms with Crippen molar-refractivity contribution in [2.45, 2.75) is 6.92 Å². The predicted molar refractivity (Wildman–Crippen MR) is 62.4 cm³/mol. The molecule has 0 aliphatic carbocycles. The molecule has 80 valence electrons. The summed E-state index contributed by atoms with van der Waals surface area (Å²) in [6.07, 6.45) is 3.71. The number of nitrogen functional groups attached to an aromatic ring is 1. The minimum atomic E-state index is 0.703. The van der Waals surface area contributed by atoms with Crippen LogP contribution in [0.1, 0.15) is 5.56 Å². The van der Waals surface area contributed by atoms with Gasteiger partial charge in [-0.25, -0.2) is 9.67 Å². The molecule has 5 heteroatoms. The van der Waals surface area contributed by atoms with E-state index in [-0.39, 0.29) is 0 Å². The summed E-state index contributed by atoms with van der Waals surface area (Å²) in [5, 5.41) is 4.20. The summed E-state index contributed by atoms with van der Waals surface area (Å²) >= 11 is 0. The highest BCUT2D eigenvalue weighted by Crippen LogP contribution is 2.16. The van der Waals surface area contributed by atoms with Crippen LogP contribution in [0.4, 0.5) is 5.69 Å². The lowest BCUT2D eigenvalue weighted by atomic mass is 10.3. The molecule has 0 fully saturated rings. The standard InChI is InChI=1S/C11H11N5/c1-7-5-13-16(6-7)11-14-9-3-2-8(12)4-10(9)15-11/h2-6H,12H2,1H3,(H,14,15). The smallest absolute Gasteiger partial charge is 0.229 e. The fourth-order valence-electron chi connectivity index (χ4n) is 1.65. The van der Waals surface area contributed by atoms with Gasteiger partial charge < -0.3 is 10.7 Å². The van der Waals surface area contributed by atoms with Crippen molar-refractivity contribution in [1.29, 1.82) is 0 Å². The molecule has 0 amide bonds. The van der Waals surface area contributed by atoms with Crippen LogP contribution in [0, 0.1) is 6.92 Å². The second-order valence-electron chi connectivity index (χ2n) is 3.80. The normalized spacial score (nSPS) is 11.1. The van der Waals surface area contributed by atoms with Gasteiger partial charge in [0, 0.05) is 11.9 Å². The molecule has 3 N–H and O–H groups in total. The van der Waals surface area contributed by atoms with Crippen LogP contribution in [0.3, 0.4) is 0 Å². The number of H-pyrrole nitrogens is 1. The Kier molecular flexibility index (Phi) is 1.73. The number of nitrogens with one attached hydrogen (secondary N) is 1. The van der Waals surface area contributed by atoms with Gasteiger partial charge in [-0.05, 0) is 30.7 Å². The van der Waals surface area contributed by atoms with Crippen molar-refractivity contribution < 1.29 is 0 Å². The van der Waals surface area contributed by atoms with E-state index in [4.69, 9.17) is 5.73 Å². The highest BCUT2D eigenvalue weighted by molar-refractivity contribution is 5.79. The molecular formula is C11H11N5. The fourth-order valence-corrected chi connectivity index (χ4v) is 1.65. The highest BCUT2D eigenvalue weighted by atomic mass is 15.3. The molecule has 0 unspecified atom stereocenters. The minimum Gasteiger partial charge on any atom is -0.399 e. The number of imidazole rings is 1. The summed E-state index contributed by atoms with van der Waals surface area (Å²) in [6.45, 7) is 1.99. The number of hydrogen-bond acceptors (Lipinski definition) is 3. The Bertz CT molecular complexity index is 649. The number of nitrogens with two attached hydrogens (primary N) is 1. The molecule has 0 aliphatic rings. The van der Waals surface area contributed by atoms with E-state index in [1.807, 2.05) is 31.3 Å². The Balaban J connectivity index is 2.18. The molecule has 0 atom stereocenters. The zero-order chi connectivity index (χ0) is 11.1. The van der Waals surface area contributed by atoms with E-state index in [0.29, 0.717) is 5.95 Å². The number of aryl methyl sites for hydroxylation is 1. The molecule has 1 aromatic carbocycles. The van der Waals surface area contributed by atoms with Gasteiger partial charge in [0.1, 0.15) is 0 Å². The van der Waals surface area contributed by atoms with Crippen molar-refractivity contribution in [3.8, 4) is 5.95 Å². The Morgan fingerprint density at radius 2 is 2.25 bits per heavy atom. The number of nitrogens with zero attached hydrogens (tertiary/aromatic N) is 3. The predicted octanol–water partition coefficient (Wildman–Crippen LogP) is 1.64. The monoisotopic (exact) mass is 213 g/mol. The molecule has 3 aromatic rings. The van der Waals surface area contributed by atoms with E-state index in [1.165, 1.54) is 0 Å². The summed E-state index contributed by atoms with van der Waals surface area (Å²) in [6, 6.07) is 5.59. The van der Waals surface area contributed by atoms with Crippen LogP contribution >= 0.6 is 0 Å². The Morgan fingerprint density at radius 3 is 3.00 bits per heavy atom. The Morgan fingerprint density at radius 1 is 1.38 bits per heavy atom. The maximum absolute atomic E-state index is 5.71. The third kappa shape index (κ3) is 1.33. The third-order valence-electron chi connectivity index (χ3n) is 2.42. The van der Waals surface area contributed by atoms with Crippen LogP contribution in [-0.2, 0) is 0 Å². The lowest BCUT2D eigenvalue weighted by Crippen LogP contribution is -1.95. The SMILES string of the molecule is Cc1cnn(-c2nc3ccc(N)cc3[nH]2)c1. The van der Waals surface area contributed by atoms with E-state index in [9.17, 15) is 0 Å². The zero-order valence-electron chi connectivity index (χ0n) is 8.81. The zero-order valence-corrected chi connectivity index (χ0v) is 8.81. The van der Waals surface area contributed by atoms with E-state index in [2.05, 4.69) is 15.1 Å². The molecule has 16 heavy (non-hydrogen) atoms. The van der Waals surface area contributed by atoms with Crippen LogP contribution in [0.2, 0.25) is 0 Å². The molecule has 3 rings (SSSR count). The van der Waals surface area contributed by atoms with Crippen LogP contribution in [0.25, 0.3) is 17.0 Å². The summed E-state index contributed by atoms with van der Waals surface area (Å²) in [5.74, 6) is 0.703. The molecule has 0 bridgehead atoms. The molecule has 2 heterocycles. The molecule has 0 spiro atoms. The summed E-state index contributed by atoms with van der Waals surface area (Å²) in [4.78, 5) is 7.60. The van der Waals surface area contributed by atoms with Gasteiger partial charge in [-0.15, -0.1) is 0 Å². The first-order valence-electron chi connectivity index (χ1n) is 4.99. The molecule has 5 nitrogen and oxygen atoms in total. The van der Waals surface area contributed by atoms with Gasteiger partial charge >= 0.3 is 0 Å². The molecule has 0 aliphatic heterocycles. The number of anilines is 1. The van der Waals surface area contributed by atoms with Crippen molar-refractivity contribution in [2.24, 2.45) is 0 Å². The number of aromatic nitrogens is 4. The lowest BCUT2D eigenvalue weighted by Gasteiger charge is -1.92. The largest absolute Gasteiger partial charge is 0.399 e. The van der Waals surface area contributed by atoms with E-state index >= 15 is 0 Å². The molecule has 0 radical (unpaired) electrons. The summed E-state index contributed by atoms with van der Waals surface area (Å²) < 4.78 is 1.71. The average molecular weight is 213 g/mol. The number of hydrogen-bond donors (Lipinski definition) is 2. The van der Waals surface area contributed by atoms with E-state index < -0.39 is 0 Å². The second kappa shape index (κ2) is 3.10. The second-order valence-corrected chi connectivity index (χ2v) is 3.80. The van der Waals surface area contributed by atoms with Gasteiger partial charge in [0.25, 0.3) is 0 Å². The van der Waals surface area contributed by atoms with E-state index in [1.54, 1.807) is 10.9 Å². The van der Waals surface area contributed by atoms with Crippen molar-refractivity contribution in [3.63, 3.8) is 0 Å². The Hall–Kier alpha value is -2.30. The van der Waals surface area contributed by atoms with Crippen molar-refractivity contribution in [2.75, 3.05) is 5.73 Å². The van der Waals surface area contributed by atoms with Crippen molar-refractivity contribution >= 4 is 16.7 Å². The maximum atomic E-state index is 5.71. The lowest BCUT2D eigenvalue weighted by molar-refractivity contribution is 0.828. The third-order valence-corrected chi connectivity index (χ3v) is 2.42. The number of fused-ring (bicyclic) bond motifs is 1. The van der Waals surface area contributed by atoms with Crippen molar-refractivity contribution in [1.82, 2.24) is 19.7 Å². The van der Waals surface area contributed by atoms with Crippen LogP contribution < -0.4 is 5.73 Å². The molecule has 0 saturated heterocycles. The fraction of sp³-hybridized carbons (Fsp3) is 0.0909. The topological polar surface area (TPSA) is 72.5 Å². The van der Waals surface area contributed by atoms with Crippen LogP contribution in [0.15, 0.2) is 30.6 Å². The van der Waals surface area contributed by atoms with E-state index in [0.717, 1.165) is 22.3 Å². The quantitative estimate of drug-likeness (QED) is 0.603. The van der Waals surface area contributed by atoms with Gasteiger partial charge in [-0.3, -0.25) is 0 Å². The first kappa shape index (κ1) is 8.96. The first-order valence-corrected chi connectivity index (χ1v) is 4.99. The minimum absolute atomic E-state index is 0.703. The summed E-state index contributed by atoms with van der Waals surface area (Å²) in [5.41, 5.74) is 9.33. The van der Waals surface area contributed by atoms with Gasteiger partial charge in [0.2, 0.25) is 5.95 Å². The van der Waals surface area contributed by atoms with Crippen molar-refractivity contribution in [3.05, 3.63) is 36.2 Å². The van der Waals surface area contributed by atoms with Gasteiger partial charge in [0.05, 0.1) is 17.2 Å². The number of rotatable bonds is 1. The number of benzene rings is 1.